The highest BCUT2D eigenvalue weighted by atomic mass is 16.7. The van der Waals surface area contributed by atoms with E-state index in [1.807, 2.05) is 30.5 Å². The molecule has 5 heteroatoms. The lowest BCUT2D eigenvalue weighted by Gasteiger charge is -2.34. The van der Waals surface area contributed by atoms with Gasteiger partial charge in [-0.1, -0.05) is 48.6 Å². The third-order valence-corrected chi connectivity index (χ3v) is 5.98. The minimum absolute atomic E-state index is 0.270. The Morgan fingerprint density at radius 2 is 1.80 bits per heavy atom. The number of benzene rings is 2. The van der Waals surface area contributed by atoms with Crippen LogP contribution >= 0.6 is 0 Å². The summed E-state index contributed by atoms with van der Waals surface area (Å²) in [5.41, 5.74) is 6.24. The normalized spacial score (nSPS) is 18.9. The zero-order valence-electron chi connectivity index (χ0n) is 16.2. The van der Waals surface area contributed by atoms with Gasteiger partial charge in [-0.2, -0.15) is 5.10 Å². The van der Waals surface area contributed by atoms with E-state index in [0.29, 0.717) is 0 Å². The van der Waals surface area contributed by atoms with Crippen LogP contribution in [0.1, 0.15) is 22.4 Å². The summed E-state index contributed by atoms with van der Waals surface area (Å²) in [4.78, 5) is 4.24. The zero-order chi connectivity index (χ0) is 20.0. The summed E-state index contributed by atoms with van der Waals surface area (Å²) in [6.07, 6.45) is 8.87. The molecule has 6 rings (SSSR count). The Kier molecular flexibility index (Phi) is 3.74. The third kappa shape index (κ3) is 2.55. The van der Waals surface area contributed by atoms with Crippen LogP contribution in [0.3, 0.4) is 0 Å². The maximum atomic E-state index is 5.67. The molecule has 1 unspecified atom stereocenters. The van der Waals surface area contributed by atoms with Crippen molar-refractivity contribution in [2.24, 2.45) is 0 Å². The van der Waals surface area contributed by atoms with Crippen molar-refractivity contribution in [1.29, 1.82) is 0 Å². The SMILES string of the molecule is C1=CC(c2ccccc2)(c2ccc3c(c2)OCO3)Cc2[nH]nc(-c3cccnc3)c21. The van der Waals surface area contributed by atoms with Crippen LogP contribution in [-0.2, 0) is 11.8 Å². The molecular formula is C25H19N3O2. The number of rotatable bonds is 3. The van der Waals surface area contributed by atoms with E-state index in [2.05, 4.69) is 63.7 Å². The molecule has 2 aliphatic rings. The Hall–Kier alpha value is -3.86. The number of nitrogens with one attached hydrogen (secondary N) is 1. The second-order valence-corrected chi connectivity index (χ2v) is 7.62. The monoisotopic (exact) mass is 393 g/mol. The number of aromatic nitrogens is 3. The number of hydrogen-bond donors (Lipinski definition) is 1. The van der Waals surface area contributed by atoms with E-state index in [4.69, 9.17) is 9.47 Å². The molecule has 3 heterocycles. The first kappa shape index (κ1) is 17.0. The van der Waals surface area contributed by atoms with Gasteiger partial charge in [-0.25, -0.2) is 0 Å². The number of fused-ring (bicyclic) bond motifs is 2. The molecule has 146 valence electrons. The van der Waals surface area contributed by atoms with E-state index in [1.54, 1.807) is 6.20 Å². The molecule has 1 N–H and O–H groups in total. The number of allylic oxidation sites excluding steroid dienone is 1. The molecule has 30 heavy (non-hydrogen) atoms. The lowest BCUT2D eigenvalue weighted by Crippen LogP contribution is -2.30. The quantitative estimate of drug-likeness (QED) is 0.545. The average Bonchev–Trinajstić information content (AvgIpc) is 3.46. The van der Waals surface area contributed by atoms with Gasteiger partial charge in [-0.3, -0.25) is 10.1 Å². The molecule has 5 nitrogen and oxygen atoms in total. The van der Waals surface area contributed by atoms with Crippen molar-refractivity contribution in [1.82, 2.24) is 15.2 Å². The van der Waals surface area contributed by atoms with Crippen molar-refractivity contribution < 1.29 is 9.47 Å². The van der Waals surface area contributed by atoms with Crippen LogP contribution < -0.4 is 9.47 Å². The van der Waals surface area contributed by atoms with E-state index < -0.39 is 0 Å². The van der Waals surface area contributed by atoms with Crippen molar-refractivity contribution in [2.45, 2.75) is 11.8 Å². The summed E-state index contributed by atoms with van der Waals surface area (Å²) < 4.78 is 11.2. The van der Waals surface area contributed by atoms with Gasteiger partial charge in [-0.05, 0) is 35.4 Å². The molecule has 0 radical (unpaired) electrons. The first-order chi connectivity index (χ1) is 14.8. The molecule has 2 aromatic carbocycles. The Morgan fingerprint density at radius 1 is 0.900 bits per heavy atom. The fraction of sp³-hybridized carbons (Fsp3) is 0.120. The molecule has 1 atom stereocenters. The number of nitrogens with zero attached hydrogens (tertiary/aromatic N) is 2. The lowest BCUT2D eigenvalue weighted by atomic mass is 9.68. The smallest absolute Gasteiger partial charge is 0.231 e. The third-order valence-electron chi connectivity index (χ3n) is 5.98. The van der Waals surface area contributed by atoms with Crippen LogP contribution in [0.5, 0.6) is 11.5 Å². The van der Waals surface area contributed by atoms with Crippen LogP contribution in [0.15, 0.2) is 79.1 Å². The highest BCUT2D eigenvalue weighted by Gasteiger charge is 2.37. The van der Waals surface area contributed by atoms with E-state index in [9.17, 15) is 0 Å². The van der Waals surface area contributed by atoms with Gasteiger partial charge in [0.15, 0.2) is 11.5 Å². The number of ether oxygens (including phenoxy) is 2. The Labute approximate surface area is 174 Å². The van der Waals surface area contributed by atoms with Crippen molar-refractivity contribution in [3.05, 3.63) is 102 Å². The summed E-state index contributed by atoms with van der Waals surface area (Å²) in [6.45, 7) is 0.270. The number of pyridine rings is 1. The van der Waals surface area contributed by atoms with Gasteiger partial charge >= 0.3 is 0 Å². The van der Waals surface area contributed by atoms with Gasteiger partial charge in [0.05, 0.1) is 0 Å². The molecule has 1 aliphatic heterocycles. The van der Waals surface area contributed by atoms with Crippen LogP contribution in [0.4, 0.5) is 0 Å². The van der Waals surface area contributed by atoms with Crippen LogP contribution in [-0.4, -0.2) is 22.0 Å². The molecule has 4 aromatic rings. The van der Waals surface area contributed by atoms with Crippen molar-refractivity contribution >= 4 is 6.08 Å². The second kappa shape index (κ2) is 6.59. The minimum Gasteiger partial charge on any atom is -0.454 e. The van der Waals surface area contributed by atoms with Crippen molar-refractivity contribution in [3.8, 4) is 22.8 Å². The minimum atomic E-state index is -0.325. The molecule has 0 bridgehead atoms. The van der Waals surface area contributed by atoms with E-state index >= 15 is 0 Å². The van der Waals surface area contributed by atoms with Gasteiger partial charge in [0.1, 0.15) is 5.69 Å². The summed E-state index contributed by atoms with van der Waals surface area (Å²) in [5, 5.41) is 7.90. The first-order valence-corrected chi connectivity index (χ1v) is 9.96. The molecule has 0 spiro atoms. The highest BCUT2D eigenvalue weighted by molar-refractivity contribution is 5.76. The number of hydrogen-bond acceptors (Lipinski definition) is 4. The maximum Gasteiger partial charge on any atom is 0.231 e. The highest BCUT2D eigenvalue weighted by Crippen LogP contribution is 2.45. The fourth-order valence-electron chi connectivity index (χ4n) is 4.46. The molecular weight excluding hydrogens is 374 g/mol. The van der Waals surface area contributed by atoms with Crippen LogP contribution in [0.25, 0.3) is 17.3 Å². The number of aromatic amines is 1. The lowest BCUT2D eigenvalue weighted by molar-refractivity contribution is 0.174. The molecule has 1 aliphatic carbocycles. The largest absolute Gasteiger partial charge is 0.454 e. The van der Waals surface area contributed by atoms with E-state index in [1.165, 1.54) is 5.56 Å². The Bertz CT molecular complexity index is 1250. The Morgan fingerprint density at radius 3 is 2.67 bits per heavy atom. The zero-order valence-corrected chi connectivity index (χ0v) is 16.2. The summed E-state index contributed by atoms with van der Waals surface area (Å²) >= 11 is 0. The molecule has 0 saturated heterocycles. The second-order valence-electron chi connectivity index (χ2n) is 7.62. The van der Waals surface area contributed by atoms with Gasteiger partial charge in [0, 0.05) is 41.1 Å². The van der Waals surface area contributed by atoms with Gasteiger partial charge in [-0.15, -0.1) is 0 Å². The predicted molar refractivity (Wildman–Crippen MR) is 114 cm³/mol. The average molecular weight is 393 g/mol. The van der Waals surface area contributed by atoms with Crippen molar-refractivity contribution in [3.63, 3.8) is 0 Å². The standard InChI is InChI=1S/C25H19N3O2/c1-2-6-18(7-3-1)25(19-8-9-22-23(13-19)30-16-29-22)11-10-20-21(14-25)27-28-24(20)17-5-4-12-26-15-17/h1-13,15H,14,16H2,(H,27,28). The summed E-state index contributed by atoms with van der Waals surface area (Å²) in [5.74, 6) is 1.59. The van der Waals surface area contributed by atoms with Crippen LogP contribution in [0, 0.1) is 0 Å². The van der Waals surface area contributed by atoms with Crippen LogP contribution in [0.2, 0.25) is 0 Å². The topological polar surface area (TPSA) is 60.0 Å². The molecule has 0 amide bonds. The van der Waals surface area contributed by atoms with Gasteiger partial charge in [0.25, 0.3) is 0 Å². The molecule has 0 saturated carbocycles. The first-order valence-electron chi connectivity index (χ1n) is 9.96. The van der Waals surface area contributed by atoms with E-state index in [-0.39, 0.29) is 12.2 Å². The molecule has 0 fully saturated rings. The summed E-state index contributed by atoms with van der Waals surface area (Å²) in [6, 6.07) is 20.8. The summed E-state index contributed by atoms with van der Waals surface area (Å²) in [7, 11) is 0. The maximum absolute atomic E-state index is 5.67. The molecule has 2 aromatic heterocycles. The predicted octanol–water partition coefficient (Wildman–Crippen LogP) is 4.76. The van der Waals surface area contributed by atoms with Gasteiger partial charge < -0.3 is 9.47 Å². The van der Waals surface area contributed by atoms with Gasteiger partial charge in [0.2, 0.25) is 6.79 Å². The van der Waals surface area contributed by atoms with E-state index in [0.717, 1.165) is 46.0 Å². The number of H-pyrrole nitrogens is 1. The Balaban J connectivity index is 1.50. The fourth-order valence-corrected chi connectivity index (χ4v) is 4.46. The van der Waals surface area contributed by atoms with Crippen molar-refractivity contribution in [2.75, 3.05) is 6.79 Å².